The molecular formula is C21H31NO9S. The third-order valence-electron chi connectivity index (χ3n) is 4.92. The van der Waals surface area contributed by atoms with Crippen LogP contribution in [-0.2, 0) is 39.8 Å². The van der Waals surface area contributed by atoms with Crippen molar-refractivity contribution in [3.8, 4) is 0 Å². The molecule has 3 N–H and O–H groups in total. The molecule has 32 heavy (non-hydrogen) atoms. The molecule has 0 aliphatic carbocycles. The minimum absolute atomic E-state index is 0.0146. The maximum atomic E-state index is 12.1. The lowest BCUT2D eigenvalue weighted by atomic mass is 9.76. The second-order valence-corrected chi connectivity index (χ2v) is 9.82. The first-order valence-electron chi connectivity index (χ1n) is 10.1. The Hall–Kier alpha value is -2.50. The second-order valence-electron chi connectivity index (χ2n) is 8.06. The maximum Gasteiger partial charge on any atom is 0.339 e. The van der Waals surface area contributed by atoms with Crippen LogP contribution in [0.5, 0.6) is 0 Å². The summed E-state index contributed by atoms with van der Waals surface area (Å²) in [5, 5.41) is 22.7. The van der Waals surface area contributed by atoms with E-state index >= 15 is 0 Å². The summed E-state index contributed by atoms with van der Waals surface area (Å²) in [6.07, 6.45) is 0.471. The van der Waals surface area contributed by atoms with Gasteiger partial charge in [-0.1, -0.05) is 44.2 Å². The second kappa shape index (κ2) is 11.9. The summed E-state index contributed by atoms with van der Waals surface area (Å²) in [6.45, 7) is 2.51. The zero-order valence-corrected chi connectivity index (χ0v) is 19.3. The number of aliphatic hydroxyl groups is 1. The van der Waals surface area contributed by atoms with Crippen molar-refractivity contribution in [2.75, 3.05) is 25.5 Å². The predicted octanol–water partition coefficient (Wildman–Crippen LogP) is 0.877. The van der Waals surface area contributed by atoms with Gasteiger partial charge in [-0.15, -0.1) is 0 Å². The molecule has 0 unspecified atom stereocenters. The molecule has 0 heterocycles. The number of carboxylic acid groups (broad SMARTS) is 1. The van der Waals surface area contributed by atoms with Gasteiger partial charge >= 0.3 is 11.9 Å². The Labute approximate surface area is 188 Å². The quantitative estimate of drug-likeness (QED) is 0.203. The van der Waals surface area contributed by atoms with Gasteiger partial charge in [-0.25, -0.2) is 4.79 Å². The Morgan fingerprint density at radius 2 is 1.72 bits per heavy atom. The van der Waals surface area contributed by atoms with Gasteiger partial charge in [0.25, 0.3) is 10.1 Å². The van der Waals surface area contributed by atoms with E-state index < -0.39 is 52.0 Å². The number of hydrogen-bond acceptors (Lipinski definition) is 8. The van der Waals surface area contributed by atoms with Crippen molar-refractivity contribution < 1.29 is 41.9 Å². The third-order valence-corrected chi connectivity index (χ3v) is 6.19. The molecule has 10 nitrogen and oxygen atoms in total. The van der Waals surface area contributed by atoms with E-state index in [0.29, 0.717) is 6.42 Å². The van der Waals surface area contributed by atoms with Gasteiger partial charge in [-0.2, -0.15) is 8.42 Å². The van der Waals surface area contributed by atoms with Crippen molar-refractivity contribution in [2.24, 2.45) is 5.41 Å². The first-order valence-corrected chi connectivity index (χ1v) is 11.6. The highest BCUT2D eigenvalue weighted by molar-refractivity contribution is 7.86. The largest absolute Gasteiger partial charge is 0.479 e. The minimum Gasteiger partial charge on any atom is -0.479 e. The van der Waals surface area contributed by atoms with Crippen LogP contribution < -0.4 is 5.32 Å². The lowest BCUT2D eigenvalue weighted by molar-refractivity contribution is -0.189. The van der Waals surface area contributed by atoms with Gasteiger partial charge in [-0.3, -0.25) is 13.8 Å². The van der Waals surface area contributed by atoms with Crippen LogP contribution in [0, 0.1) is 5.41 Å². The van der Waals surface area contributed by atoms with E-state index in [9.17, 15) is 33.0 Å². The number of aryl methyl sites for hydroxylation is 1. The van der Waals surface area contributed by atoms with Crippen LogP contribution in [0.4, 0.5) is 0 Å². The molecule has 0 bridgehead atoms. The van der Waals surface area contributed by atoms with Gasteiger partial charge in [-0.05, 0) is 18.4 Å². The van der Waals surface area contributed by atoms with Crippen molar-refractivity contribution in [1.82, 2.24) is 5.32 Å². The maximum absolute atomic E-state index is 12.1. The number of benzene rings is 1. The summed E-state index contributed by atoms with van der Waals surface area (Å²) in [6, 6.07) is 9.14. The Kier molecular flexibility index (Phi) is 10.3. The van der Waals surface area contributed by atoms with Crippen LogP contribution >= 0.6 is 0 Å². The average molecular weight is 474 g/mol. The highest BCUT2D eigenvalue weighted by atomic mass is 32.2. The molecule has 1 aromatic rings. The first-order chi connectivity index (χ1) is 14.8. The molecule has 1 atom stereocenters. The monoisotopic (exact) mass is 473 g/mol. The number of esters is 1. The summed E-state index contributed by atoms with van der Waals surface area (Å²) in [5.74, 6) is -3.07. The van der Waals surface area contributed by atoms with E-state index in [-0.39, 0.29) is 25.3 Å². The van der Waals surface area contributed by atoms with Crippen molar-refractivity contribution >= 4 is 28.0 Å². The van der Waals surface area contributed by atoms with Crippen LogP contribution in [-0.4, -0.2) is 67.6 Å². The Morgan fingerprint density at radius 3 is 2.28 bits per heavy atom. The van der Waals surface area contributed by atoms with Crippen molar-refractivity contribution in [1.29, 1.82) is 0 Å². The van der Waals surface area contributed by atoms with Crippen LogP contribution in [0.1, 0.15) is 39.2 Å². The fourth-order valence-electron chi connectivity index (χ4n) is 2.62. The molecule has 0 aliphatic rings. The Balaban J connectivity index is 2.66. The number of carbonyl (C=O) groups is 3. The van der Waals surface area contributed by atoms with E-state index in [2.05, 4.69) is 5.32 Å². The zero-order valence-electron chi connectivity index (χ0n) is 18.5. The van der Waals surface area contributed by atoms with Gasteiger partial charge in [0.2, 0.25) is 11.5 Å². The molecule has 1 aromatic carbocycles. The Morgan fingerprint density at radius 1 is 1.09 bits per heavy atom. The summed E-state index contributed by atoms with van der Waals surface area (Å²) in [4.78, 5) is 34.6. The van der Waals surface area contributed by atoms with E-state index in [0.717, 1.165) is 5.56 Å². The molecule has 0 saturated heterocycles. The fourth-order valence-corrected chi connectivity index (χ4v) is 3.71. The molecular weight excluding hydrogens is 442 g/mol. The lowest BCUT2D eigenvalue weighted by Crippen LogP contribution is -2.57. The highest BCUT2D eigenvalue weighted by Crippen LogP contribution is 2.33. The molecule has 0 radical (unpaired) electrons. The van der Waals surface area contributed by atoms with Crippen LogP contribution in [0.25, 0.3) is 0 Å². The molecule has 11 heteroatoms. The van der Waals surface area contributed by atoms with E-state index in [4.69, 9.17) is 8.92 Å². The standard InChI is InChI=1S/C21H31NO9S/c1-16(23)22-12-7-13-32(28,29)31-14-20(2,3)21(27,19(25)26)15-30-18(24)11-10-17-8-5-4-6-9-17/h4-6,8-9,27H,7,10-15H2,1-3H3,(H,22,23)(H,25,26)/t21-/m1/s1. The Bertz CT molecular complexity index is 884. The zero-order chi connectivity index (χ0) is 24.4. The number of hydrogen-bond donors (Lipinski definition) is 3. The number of ether oxygens (including phenoxy) is 1. The molecule has 1 amide bonds. The number of rotatable bonds is 14. The first kappa shape index (κ1) is 27.5. The smallest absolute Gasteiger partial charge is 0.339 e. The topological polar surface area (TPSA) is 156 Å². The number of aliphatic carboxylic acids is 1. The molecule has 0 aromatic heterocycles. The minimum atomic E-state index is -4.03. The van der Waals surface area contributed by atoms with E-state index in [1.165, 1.54) is 20.8 Å². The van der Waals surface area contributed by atoms with Crippen LogP contribution in [0.2, 0.25) is 0 Å². The number of carboxylic acids is 1. The van der Waals surface area contributed by atoms with Crippen LogP contribution in [0.15, 0.2) is 30.3 Å². The van der Waals surface area contributed by atoms with E-state index in [1.54, 1.807) is 0 Å². The molecule has 180 valence electrons. The molecule has 0 fully saturated rings. The van der Waals surface area contributed by atoms with Gasteiger partial charge < -0.3 is 20.3 Å². The fraction of sp³-hybridized carbons (Fsp3) is 0.571. The SMILES string of the molecule is CC(=O)NCCCS(=O)(=O)OCC(C)(C)[C@@](O)(COC(=O)CCc1ccccc1)C(=O)O. The number of carbonyl (C=O) groups excluding carboxylic acids is 2. The summed E-state index contributed by atoms with van der Waals surface area (Å²) in [7, 11) is -4.03. The summed E-state index contributed by atoms with van der Waals surface area (Å²) in [5.41, 5.74) is -3.31. The van der Waals surface area contributed by atoms with Crippen LogP contribution in [0.3, 0.4) is 0 Å². The van der Waals surface area contributed by atoms with Crippen molar-refractivity contribution in [3.63, 3.8) is 0 Å². The lowest BCUT2D eigenvalue weighted by Gasteiger charge is -2.38. The average Bonchev–Trinajstić information content (AvgIpc) is 2.72. The van der Waals surface area contributed by atoms with Gasteiger partial charge in [0.15, 0.2) is 0 Å². The van der Waals surface area contributed by atoms with Crippen molar-refractivity contribution in [2.45, 2.75) is 45.6 Å². The molecule has 0 saturated carbocycles. The highest BCUT2D eigenvalue weighted by Gasteiger charge is 2.52. The summed E-state index contributed by atoms with van der Waals surface area (Å²) < 4.78 is 34.0. The van der Waals surface area contributed by atoms with Crippen molar-refractivity contribution in [3.05, 3.63) is 35.9 Å². The molecule has 0 aliphatic heterocycles. The normalized spacial score (nSPS) is 13.8. The van der Waals surface area contributed by atoms with Gasteiger partial charge in [0.1, 0.15) is 6.61 Å². The number of nitrogens with one attached hydrogen (secondary N) is 1. The van der Waals surface area contributed by atoms with Gasteiger partial charge in [0, 0.05) is 25.3 Å². The van der Waals surface area contributed by atoms with E-state index in [1.807, 2.05) is 30.3 Å². The number of amides is 1. The molecule has 0 spiro atoms. The molecule has 1 rings (SSSR count). The predicted molar refractivity (Wildman–Crippen MR) is 115 cm³/mol. The van der Waals surface area contributed by atoms with Gasteiger partial charge in [0.05, 0.1) is 12.4 Å². The summed E-state index contributed by atoms with van der Waals surface area (Å²) >= 11 is 0. The third kappa shape index (κ3) is 8.93.